The van der Waals surface area contributed by atoms with Crippen LogP contribution in [0.25, 0.3) is 0 Å². The molecular formula is C17H25ClN2O. The van der Waals surface area contributed by atoms with E-state index in [1.165, 1.54) is 30.4 Å². The van der Waals surface area contributed by atoms with Crippen LogP contribution in [0.1, 0.15) is 43.2 Å². The van der Waals surface area contributed by atoms with Gasteiger partial charge in [0.15, 0.2) is 0 Å². The normalized spacial score (nSPS) is 22.5. The minimum atomic E-state index is -0.0238. The lowest BCUT2D eigenvalue weighted by Crippen LogP contribution is -2.50. The predicted octanol–water partition coefficient (Wildman–Crippen LogP) is 2.92. The van der Waals surface area contributed by atoms with Crippen LogP contribution in [-0.2, 0) is 17.8 Å². The van der Waals surface area contributed by atoms with Crippen LogP contribution in [0.2, 0.25) is 0 Å². The quantitative estimate of drug-likeness (QED) is 0.865. The van der Waals surface area contributed by atoms with Crippen molar-refractivity contribution in [2.45, 2.75) is 51.1 Å². The van der Waals surface area contributed by atoms with Gasteiger partial charge in [0.1, 0.15) is 0 Å². The molecule has 0 saturated carbocycles. The van der Waals surface area contributed by atoms with Crippen LogP contribution < -0.4 is 5.32 Å². The summed E-state index contributed by atoms with van der Waals surface area (Å²) in [6, 6.07) is 8.43. The molecule has 1 saturated heterocycles. The largest absolute Gasteiger partial charge is 0.341 e. The van der Waals surface area contributed by atoms with Crippen molar-refractivity contribution < 1.29 is 4.79 Å². The lowest BCUT2D eigenvalue weighted by Gasteiger charge is -2.32. The number of carbonyl (C=O) groups excluding carboxylic acids is 1. The first-order chi connectivity index (χ1) is 9.84. The highest BCUT2D eigenvalue weighted by Crippen LogP contribution is 2.18. The average molecular weight is 309 g/mol. The summed E-state index contributed by atoms with van der Waals surface area (Å²) in [5, 5.41) is 3.42. The molecule has 0 aliphatic carbocycles. The van der Waals surface area contributed by atoms with Crippen LogP contribution in [0.3, 0.4) is 0 Å². The fraction of sp³-hybridized carbons (Fsp3) is 0.588. The van der Waals surface area contributed by atoms with E-state index in [2.05, 4.69) is 34.5 Å². The highest BCUT2D eigenvalue weighted by Gasteiger charge is 2.27. The summed E-state index contributed by atoms with van der Waals surface area (Å²) in [6.45, 7) is 2.71. The summed E-state index contributed by atoms with van der Waals surface area (Å²) < 4.78 is 0. The minimum Gasteiger partial charge on any atom is -0.341 e. The van der Waals surface area contributed by atoms with E-state index in [1.807, 2.05) is 0 Å². The topological polar surface area (TPSA) is 32.3 Å². The Morgan fingerprint density at radius 2 is 1.62 bits per heavy atom. The van der Waals surface area contributed by atoms with Crippen molar-refractivity contribution in [1.29, 1.82) is 0 Å². The van der Waals surface area contributed by atoms with Gasteiger partial charge in [-0.3, -0.25) is 4.79 Å². The van der Waals surface area contributed by atoms with Gasteiger partial charge in [-0.25, -0.2) is 0 Å². The number of nitrogens with one attached hydrogen (secondary N) is 1. The summed E-state index contributed by atoms with van der Waals surface area (Å²) in [6.07, 6.45) is 7.03. The summed E-state index contributed by atoms with van der Waals surface area (Å²) in [5.74, 6) is 0.307. The van der Waals surface area contributed by atoms with Gasteiger partial charge in [0.05, 0.1) is 6.04 Å². The van der Waals surface area contributed by atoms with Crippen molar-refractivity contribution in [1.82, 2.24) is 10.2 Å². The van der Waals surface area contributed by atoms with Gasteiger partial charge in [-0.05, 0) is 30.4 Å². The molecule has 1 aromatic carbocycles. The molecule has 21 heavy (non-hydrogen) atoms. The van der Waals surface area contributed by atoms with E-state index >= 15 is 0 Å². The van der Waals surface area contributed by atoms with Crippen molar-refractivity contribution >= 4 is 18.3 Å². The van der Waals surface area contributed by atoms with E-state index in [0.717, 1.165) is 38.9 Å². The van der Waals surface area contributed by atoms with Gasteiger partial charge in [-0.1, -0.05) is 43.5 Å². The number of halogens is 1. The van der Waals surface area contributed by atoms with Crippen molar-refractivity contribution in [2.75, 3.05) is 13.1 Å². The molecule has 1 aromatic rings. The number of carbonyl (C=O) groups is 1. The number of hydrogen-bond acceptors (Lipinski definition) is 2. The number of likely N-dealkylation sites (tertiary alicyclic amines) is 1. The molecule has 3 nitrogen and oxygen atoms in total. The van der Waals surface area contributed by atoms with E-state index in [9.17, 15) is 4.79 Å². The van der Waals surface area contributed by atoms with Crippen molar-refractivity contribution in [3.05, 3.63) is 35.4 Å². The Kier molecular flexibility index (Phi) is 6.07. The van der Waals surface area contributed by atoms with E-state index in [-0.39, 0.29) is 18.4 Å². The van der Waals surface area contributed by atoms with Crippen LogP contribution >= 0.6 is 12.4 Å². The molecule has 0 radical (unpaired) electrons. The monoisotopic (exact) mass is 308 g/mol. The van der Waals surface area contributed by atoms with E-state index in [1.54, 1.807) is 0 Å². The van der Waals surface area contributed by atoms with E-state index in [4.69, 9.17) is 0 Å². The fourth-order valence-corrected chi connectivity index (χ4v) is 3.32. The second-order valence-electron chi connectivity index (χ2n) is 6.00. The molecule has 3 rings (SSSR count). The molecule has 1 fully saturated rings. The number of rotatable bonds is 1. The zero-order valence-electron chi connectivity index (χ0n) is 12.5. The number of nitrogens with zero attached hydrogens (tertiary/aromatic N) is 1. The smallest absolute Gasteiger partial charge is 0.240 e. The maximum Gasteiger partial charge on any atom is 0.240 e. The standard InChI is InChI=1S/C17H24N2O.ClH/c20-17(19-10-6-2-1-3-7-11-19)16-12-14-8-4-5-9-15(14)13-18-16;/h4-5,8-9,16,18H,1-3,6-7,10-13H2;1H. The number of benzene rings is 1. The van der Waals surface area contributed by atoms with Crippen LogP contribution in [-0.4, -0.2) is 29.9 Å². The number of amides is 1. The molecule has 0 aromatic heterocycles. The number of fused-ring (bicyclic) bond motifs is 1. The molecule has 1 N–H and O–H groups in total. The van der Waals surface area contributed by atoms with Gasteiger partial charge in [0.2, 0.25) is 5.91 Å². The predicted molar refractivity (Wildman–Crippen MR) is 87.7 cm³/mol. The molecule has 2 aliphatic rings. The Labute approximate surface area is 133 Å². The van der Waals surface area contributed by atoms with Gasteiger partial charge in [-0.2, -0.15) is 0 Å². The van der Waals surface area contributed by atoms with Gasteiger partial charge in [0.25, 0.3) is 0 Å². The lowest BCUT2D eigenvalue weighted by molar-refractivity contribution is -0.134. The van der Waals surface area contributed by atoms with Gasteiger partial charge >= 0.3 is 0 Å². The summed E-state index contributed by atoms with van der Waals surface area (Å²) in [7, 11) is 0. The maximum absolute atomic E-state index is 12.7. The van der Waals surface area contributed by atoms with Crippen LogP contribution in [0.4, 0.5) is 0 Å². The van der Waals surface area contributed by atoms with E-state index in [0.29, 0.717) is 5.91 Å². The third kappa shape index (κ3) is 3.98. The molecule has 2 heterocycles. The molecule has 0 spiro atoms. The van der Waals surface area contributed by atoms with Crippen molar-refractivity contribution in [3.8, 4) is 0 Å². The second kappa shape index (κ2) is 7.81. The zero-order valence-corrected chi connectivity index (χ0v) is 13.3. The fourth-order valence-electron chi connectivity index (χ4n) is 3.32. The third-order valence-electron chi connectivity index (χ3n) is 4.55. The second-order valence-corrected chi connectivity index (χ2v) is 6.00. The first-order valence-corrected chi connectivity index (χ1v) is 7.93. The van der Waals surface area contributed by atoms with Gasteiger partial charge in [0, 0.05) is 19.6 Å². The molecule has 1 atom stereocenters. The molecule has 1 amide bonds. The zero-order chi connectivity index (χ0) is 13.8. The SMILES string of the molecule is Cl.O=C(C1Cc2ccccc2CN1)N1CCCCCCC1. The molecule has 4 heteroatoms. The van der Waals surface area contributed by atoms with Gasteiger partial charge in [-0.15, -0.1) is 12.4 Å². The van der Waals surface area contributed by atoms with Crippen molar-refractivity contribution in [2.24, 2.45) is 0 Å². The van der Waals surface area contributed by atoms with Crippen LogP contribution in [0.15, 0.2) is 24.3 Å². The van der Waals surface area contributed by atoms with E-state index < -0.39 is 0 Å². The summed E-state index contributed by atoms with van der Waals surface area (Å²) in [4.78, 5) is 14.8. The van der Waals surface area contributed by atoms with Crippen LogP contribution in [0.5, 0.6) is 0 Å². The Balaban J connectivity index is 0.00000161. The molecular weight excluding hydrogens is 284 g/mol. The molecule has 2 aliphatic heterocycles. The molecule has 0 bridgehead atoms. The Morgan fingerprint density at radius 3 is 2.33 bits per heavy atom. The maximum atomic E-state index is 12.7. The summed E-state index contributed by atoms with van der Waals surface area (Å²) >= 11 is 0. The highest BCUT2D eigenvalue weighted by molar-refractivity contribution is 5.85. The first-order valence-electron chi connectivity index (χ1n) is 7.93. The number of hydrogen-bond donors (Lipinski definition) is 1. The Hall–Kier alpha value is -1.06. The van der Waals surface area contributed by atoms with Crippen LogP contribution in [0, 0.1) is 0 Å². The summed E-state index contributed by atoms with van der Waals surface area (Å²) in [5.41, 5.74) is 2.67. The van der Waals surface area contributed by atoms with Gasteiger partial charge < -0.3 is 10.2 Å². The molecule has 1 unspecified atom stereocenters. The average Bonchev–Trinajstić information content (AvgIpc) is 2.46. The van der Waals surface area contributed by atoms with Crippen molar-refractivity contribution in [3.63, 3.8) is 0 Å². The minimum absolute atomic E-state index is 0. The first kappa shape index (κ1) is 16.3. The Bertz CT molecular complexity index is 470. The lowest BCUT2D eigenvalue weighted by atomic mass is 9.95. The third-order valence-corrected chi connectivity index (χ3v) is 4.55. The highest BCUT2D eigenvalue weighted by atomic mass is 35.5. The molecule has 116 valence electrons. The Morgan fingerprint density at radius 1 is 1.00 bits per heavy atom.